The van der Waals surface area contributed by atoms with Gasteiger partial charge in [0, 0.05) is 13.1 Å². The number of carbonyl (C=O) groups is 1. The van der Waals surface area contributed by atoms with Gasteiger partial charge in [-0.15, -0.1) is 0 Å². The van der Waals surface area contributed by atoms with E-state index in [0.717, 1.165) is 6.42 Å². The Kier molecular flexibility index (Phi) is 4.53. The second kappa shape index (κ2) is 5.69. The molecule has 1 aliphatic rings. The number of nitrogens with one attached hydrogen (secondary N) is 1. The second-order valence-corrected chi connectivity index (χ2v) is 3.84. The highest BCUT2D eigenvalue weighted by Gasteiger charge is 2.29. The number of nitriles is 1. The van der Waals surface area contributed by atoms with Crippen molar-refractivity contribution < 1.29 is 9.53 Å². The van der Waals surface area contributed by atoms with Crippen LogP contribution in [0.15, 0.2) is 0 Å². The van der Waals surface area contributed by atoms with E-state index >= 15 is 0 Å². The maximum absolute atomic E-state index is 11.5. The van der Waals surface area contributed by atoms with E-state index in [1.165, 1.54) is 0 Å². The van der Waals surface area contributed by atoms with Crippen LogP contribution in [0.1, 0.15) is 19.8 Å². The smallest absolute Gasteiger partial charge is 0.249 e. The molecule has 0 aliphatic carbocycles. The third-order valence-electron chi connectivity index (χ3n) is 2.47. The number of hydrogen-bond acceptors (Lipinski definition) is 4. The molecule has 0 spiro atoms. The van der Waals surface area contributed by atoms with Gasteiger partial charge < -0.3 is 15.8 Å². The molecule has 0 radical (unpaired) electrons. The molecule has 3 N–H and O–H groups in total. The van der Waals surface area contributed by atoms with E-state index < -0.39 is 0 Å². The van der Waals surface area contributed by atoms with E-state index in [2.05, 4.69) is 11.4 Å². The van der Waals surface area contributed by atoms with Crippen molar-refractivity contribution in [1.82, 2.24) is 5.32 Å². The molecule has 0 aromatic rings. The van der Waals surface area contributed by atoms with Crippen LogP contribution >= 0.6 is 0 Å². The minimum absolute atomic E-state index is 0.00846. The van der Waals surface area contributed by atoms with Crippen molar-refractivity contribution in [3.63, 3.8) is 0 Å². The summed E-state index contributed by atoms with van der Waals surface area (Å²) in [6.07, 6.45) is 1.18. The summed E-state index contributed by atoms with van der Waals surface area (Å²) in [5.41, 5.74) is 5.44. The van der Waals surface area contributed by atoms with Crippen LogP contribution in [0.2, 0.25) is 0 Å². The number of hydrogen-bond donors (Lipinski definition) is 2. The molecule has 0 aromatic heterocycles. The van der Waals surface area contributed by atoms with Crippen molar-refractivity contribution in [2.45, 2.75) is 32.0 Å². The molecular formula is C10H17N3O2. The topological polar surface area (TPSA) is 88.1 Å². The van der Waals surface area contributed by atoms with E-state index in [-0.39, 0.29) is 24.0 Å². The quantitative estimate of drug-likeness (QED) is 0.672. The summed E-state index contributed by atoms with van der Waals surface area (Å²) in [7, 11) is 0. The summed E-state index contributed by atoms with van der Waals surface area (Å²) in [6, 6.07) is 2.06. The fraction of sp³-hybridized carbons (Fsp3) is 0.800. The summed E-state index contributed by atoms with van der Waals surface area (Å²) in [4.78, 5) is 11.5. The summed E-state index contributed by atoms with van der Waals surface area (Å²) in [5, 5.41) is 11.2. The highest BCUT2D eigenvalue weighted by Crippen LogP contribution is 2.18. The van der Waals surface area contributed by atoms with Gasteiger partial charge in [0.1, 0.15) is 6.10 Å². The van der Waals surface area contributed by atoms with Crippen LogP contribution in [0.4, 0.5) is 0 Å². The second-order valence-electron chi connectivity index (χ2n) is 3.84. The molecule has 5 nitrogen and oxygen atoms in total. The summed E-state index contributed by atoms with van der Waals surface area (Å²) >= 11 is 0. The largest absolute Gasteiger partial charge is 0.364 e. The Morgan fingerprint density at radius 1 is 1.73 bits per heavy atom. The molecule has 1 heterocycles. The van der Waals surface area contributed by atoms with E-state index in [9.17, 15) is 4.79 Å². The average molecular weight is 211 g/mol. The Balaban J connectivity index is 2.27. The lowest BCUT2D eigenvalue weighted by molar-refractivity contribution is -0.131. The first-order valence-corrected chi connectivity index (χ1v) is 5.20. The van der Waals surface area contributed by atoms with Gasteiger partial charge in [-0.1, -0.05) is 0 Å². The predicted octanol–water partition coefficient (Wildman–Crippen LogP) is -0.231. The van der Waals surface area contributed by atoms with Gasteiger partial charge in [0.2, 0.25) is 5.91 Å². The molecule has 0 aromatic carbocycles. The zero-order valence-corrected chi connectivity index (χ0v) is 8.90. The van der Waals surface area contributed by atoms with Crippen LogP contribution in [0.25, 0.3) is 0 Å². The van der Waals surface area contributed by atoms with Gasteiger partial charge in [0.05, 0.1) is 18.1 Å². The van der Waals surface area contributed by atoms with Crippen molar-refractivity contribution >= 4 is 5.91 Å². The third-order valence-corrected chi connectivity index (χ3v) is 2.47. The van der Waals surface area contributed by atoms with Crippen LogP contribution in [0.5, 0.6) is 0 Å². The van der Waals surface area contributed by atoms with Crippen molar-refractivity contribution in [3.8, 4) is 6.07 Å². The Morgan fingerprint density at radius 2 is 2.47 bits per heavy atom. The monoisotopic (exact) mass is 211 g/mol. The summed E-state index contributed by atoms with van der Waals surface area (Å²) in [6.45, 7) is 2.60. The Labute approximate surface area is 89.6 Å². The van der Waals surface area contributed by atoms with Crippen molar-refractivity contribution in [3.05, 3.63) is 0 Å². The number of amides is 1. The minimum Gasteiger partial charge on any atom is -0.364 e. The number of nitrogens with zero attached hydrogens (tertiary/aromatic N) is 1. The highest BCUT2D eigenvalue weighted by atomic mass is 16.5. The molecule has 1 saturated heterocycles. The van der Waals surface area contributed by atoms with Gasteiger partial charge in [-0.2, -0.15) is 5.26 Å². The van der Waals surface area contributed by atoms with Gasteiger partial charge >= 0.3 is 0 Å². The first-order chi connectivity index (χ1) is 7.17. The molecule has 3 unspecified atom stereocenters. The lowest BCUT2D eigenvalue weighted by Gasteiger charge is -2.13. The lowest BCUT2D eigenvalue weighted by atomic mass is 10.1. The number of rotatable bonds is 4. The van der Waals surface area contributed by atoms with E-state index in [1.807, 2.05) is 0 Å². The fourth-order valence-electron chi connectivity index (χ4n) is 1.49. The highest BCUT2D eigenvalue weighted by molar-refractivity contribution is 5.81. The normalized spacial score (nSPS) is 27.0. The molecule has 0 bridgehead atoms. The lowest BCUT2D eigenvalue weighted by Crippen LogP contribution is -2.37. The van der Waals surface area contributed by atoms with Gasteiger partial charge in [-0.05, 0) is 19.8 Å². The van der Waals surface area contributed by atoms with Crippen LogP contribution in [-0.4, -0.2) is 31.2 Å². The van der Waals surface area contributed by atoms with E-state index in [0.29, 0.717) is 19.5 Å². The Bertz CT molecular complexity index is 262. The van der Waals surface area contributed by atoms with E-state index in [1.54, 1.807) is 6.92 Å². The summed E-state index contributed by atoms with van der Waals surface area (Å²) in [5.74, 6) is -0.297. The predicted molar refractivity (Wildman–Crippen MR) is 54.7 cm³/mol. The average Bonchev–Trinajstić information content (AvgIpc) is 2.73. The number of carbonyl (C=O) groups excluding carboxylic acids is 1. The summed E-state index contributed by atoms with van der Waals surface area (Å²) < 4.78 is 5.42. The first-order valence-electron chi connectivity index (χ1n) is 5.20. The standard InChI is InChI=1S/C10H17N3O2/c1-7(4-11)6-13-10(14)9-3-2-8(5-12)15-9/h7-9H,2-3,5-6,12H2,1H3,(H,13,14). The number of nitrogens with two attached hydrogens (primary N) is 1. The fourth-order valence-corrected chi connectivity index (χ4v) is 1.49. The maximum Gasteiger partial charge on any atom is 0.249 e. The molecule has 15 heavy (non-hydrogen) atoms. The molecule has 3 atom stereocenters. The van der Waals surface area contributed by atoms with Crippen molar-refractivity contribution in [2.24, 2.45) is 11.7 Å². The Morgan fingerprint density at radius 3 is 3.00 bits per heavy atom. The van der Waals surface area contributed by atoms with Gasteiger partial charge in [-0.25, -0.2) is 0 Å². The van der Waals surface area contributed by atoms with Gasteiger partial charge in [0.25, 0.3) is 0 Å². The van der Waals surface area contributed by atoms with Gasteiger partial charge in [0.15, 0.2) is 0 Å². The molecule has 5 heteroatoms. The first kappa shape index (κ1) is 12.0. The molecule has 1 aliphatic heterocycles. The van der Waals surface area contributed by atoms with Crippen LogP contribution < -0.4 is 11.1 Å². The minimum atomic E-state index is -0.385. The molecule has 0 saturated carbocycles. The molecular weight excluding hydrogens is 194 g/mol. The molecule has 1 rings (SSSR count). The Hall–Kier alpha value is -1.12. The zero-order chi connectivity index (χ0) is 11.3. The molecule has 1 amide bonds. The van der Waals surface area contributed by atoms with Crippen LogP contribution in [0, 0.1) is 17.2 Å². The van der Waals surface area contributed by atoms with Crippen LogP contribution in [0.3, 0.4) is 0 Å². The molecule has 84 valence electrons. The van der Waals surface area contributed by atoms with E-state index in [4.69, 9.17) is 15.7 Å². The van der Waals surface area contributed by atoms with Gasteiger partial charge in [-0.3, -0.25) is 4.79 Å². The molecule has 1 fully saturated rings. The SMILES string of the molecule is CC(C#N)CNC(=O)C1CCC(CN)O1. The van der Waals surface area contributed by atoms with Crippen molar-refractivity contribution in [1.29, 1.82) is 5.26 Å². The van der Waals surface area contributed by atoms with Crippen molar-refractivity contribution in [2.75, 3.05) is 13.1 Å². The third kappa shape index (κ3) is 3.50. The van der Waals surface area contributed by atoms with Crippen LogP contribution in [-0.2, 0) is 9.53 Å². The maximum atomic E-state index is 11.5. The number of ether oxygens (including phenoxy) is 1. The zero-order valence-electron chi connectivity index (χ0n) is 8.90.